The number of aromatic nitrogens is 3. The average molecular weight is 360 g/mol. The van der Waals surface area contributed by atoms with E-state index in [0.717, 1.165) is 11.1 Å². The number of ether oxygens (including phenoxy) is 1. The van der Waals surface area contributed by atoms with Crippen molar-refractivity contribution >= 4 is 11.0 Å². The number of benzene rings is 2. The number of nitrogens with one attached hydrogen (secondary N) is 2. The van der Waals surface area contributed by atoms with Crippen LogP contribution in [0.1, 0.15) is 5.56 Å². The first kappa shape index (κ1) is 16.8. The Balaban J connectivity index is 2.01. The smallest absolute Gasteiger partial charge is 0.416 e. The summed E-state index contributed by atoms with van der Waals surface area (Å²) < 4.78 is 6.98. The highest BCUT2D eigenvalue weighted by molar-refractivity contribution is 5.92. The van der Waals surface area contributed by atoms with Crippen LogP contribution in [0.3, 0.4) is 0 Å². The molecule has 27 heavy (non-hydrogen) atoms. The molecule has 2 aromatic carbocycles. The van der Waals surface area contributed by atoms with Gasteiger partial charge in [0.25, 0.3) is 11.2 Å². The summed E-state index contributed by atoms with van der Waals surface area (Å²) in [5.41, 5.74) is 2.03. The lowest BCUT2D eigenvalue weighted by Crippen LogP contribution is -2.34. The molecule has 6 nitrogen and oxygen atoms in total. The van der Waals surface area contributed by atoms with E-state index in [2.05, 4.69) is 9.97 Å². The molecular weight excluding hydrogens is 342 g/mol. The maximum Gasteiger partial charge on any atom is 0.416 e. The molecule has 0 spiro atoms. The number of H-pyrrole nitrogens is 2. The van der Waals surface area contributed by atoms with Crippen LogP contribution in [0, 0.1) is 0 Å². The SMILES string of the molecule is COc1ccccc1-c1cc[nH+]c2c1c(=O)[nH]c(=O)n2Cc1ccccc1. The van der Waals surface area contributed by atoms with Crippen LogP contribution in [0.2, 0.25) is 0 Å². The molecular formula is C21H18N3O3+. The number of pyridine rings is 1. The van der Waals surface area contributed by atoms with Gasteiger partial charge in [-0.1, -0.05) is 48.5 Å². The fraction of sp³-hybridized carbons (Fsp3) is 0.0952. The quantitative estimate of drug-likeness (QED) is 0.606. The molecule has 0 aliphatic rings. The number of hydrogen-bond acceptors (Lipinski definition) is 3. The van der Waals surface area contributed by atoms with E-state index in [9.17, 15) is 9.59 Å². The van der Waals surface area contributed by atoms with E-state index in [1.54, 1.807) is 13.3 Å². The second-order valence-corrected chi connectivity index (χ2v) is 6.15. The number of nitrogens with zero attached hydrogens (tertiary/aromatic N) is 1. The number of fused-ring (bicyclic) bond motifs is 1. The molecule has 6 heteroatoms. The highest BCUT2D eigenvalue weighted by Gasteiger charge is 2.20. The zero-order valence-corrected chi connectivity index (χ0v) is 14.7. The molecule has 0 saturated heterocycles. The Labute approximate surface area is 154 Å². The third-order valence-electron chi connectivity index (χ3n) is 4.52. The van der Waals surface area contributed by atoms with Gasteiger partial charge in [0.05, 0.1) is 13.3 Å². The van der Waals surface area contributed by atoms with Gasteiger partial charge in [0.15, 0.2) is 0 Å². The molecule has 2 aromatic heterocycles. The Morgan fingerprint density at radius 3 is 2.48 bits per heavy atom. The molecule has 4 rings (SSSR count). The average Bonchev–Trinajstić information content (AvgIpc) is 2.71. The van der Waals surface area contributed by atoms with Gasteiger partial charge in [0.1, 0.15) is 17.7 Å². The van der Waals surface area contributed by atoms with Crippen LogP contribution < -0.4 is 21.0 Å². The summed E-state index contributed by atoms with van der Waals surface area (Å²) in [6.07, 6.45) is 1.73. The molecule has 0 atom stereocenters. The van der Waals surface area contributed by atoms with Crippen molar-refractivity contribution in [2.45, 2.75) is 6.54 Å². The van der Waals surface area contributed by atoms with Crippen LogP contribution >= 0.6 is 0 Å². The Morgan fingerprint density at radius 1 is 0.963 bits per heavy atom. The summed E-state index contributed by atoms with van der Waals surface area (Å²) in [5, 5.41) is 0.414. The number of methoxy groups -OCH3 is 1. The normalized spacial score (nSPS) is 10.9. The molecule has 0 fully saturated rings. The number of hydrogen-bond donors (Lipinski definition) is 1. The molecule has 0 aliphatic heterocycles. The summed E-state index contributed by atoms with van der Waals surface area (Å²) in [4.78, 5) is 30.7. The number of rotatable bonds is 4. The van der Waals surface area contributed by atoms with Gasteiger partial charge in [-0.25, -0.2) is 9.78 Å². The van der Waals surface area contributed by atoms with Crippen molar-refractivity contribution < 1.29 is 9.72 Å². The Bertz CT molecular complexity index is 1230. The maximum atomic E-state index is 12.7. The van der Waals surface area contributed by atoms with Crippen LogP contribution in [0.4, 0.5) is 0 Å². The van der Waals surface area contributed by atoms with E-state index < -0.39 is 11.2 Å². The molecule has 0 bridgehead atoms. The van der Waals surface area contributed by atoms with Gasteiger partial charge in [-0.2, -0.15) is 4.57 Å². The third kappa shape index (κ3) is 3.01. The van der Waals surface area contributed by atoms with Gasteiger partial charge in [0, 0.05) is 11.1 Å². The van der Waals surface area contributed by atoms with Crippen LogP contribution in [0.25, 0.3) is 22.2 Å². The molecule has 4 aromatic rings. The van der Waals surface area contributed by atoms with E-state index >= 15 is 0 Å². The van der Waals surface area contributed by atoms with Crippen molar-refractivity contribution in [1.82, 2.24) is 9.55 Å². The molecule has 0 aliphatic carbocycles. The first-order chi connectivity index (χ1) is 13.2. The summed E-state index contributed by atoms with van der Waals surface area (Å²) in [5.74, 6) is 0.658. The largest absolute Gasteiger partial charge is 0.496 e. The van der Waals surface area contributed by atoms with E-state index in [1.807, 2.05) is 60.7 Å². The van der Waals surface area contributed by atoms with Crippen LogP contribution in [-0.4, -0.2) is 16.7 Å². The van der Waals surface area contributed by atoms with Crippen LogP contribution in [-0.2, 0) is 6.54 Å². The van der Waals surface area contributed by atoms with E-state index in [4.69, 9.17) is 4.74 Å². The fourth-order valence-corrected chi connectivity index (χ4v) is 3.27. The van der Waals surface area contributed by atoms with Gasteiger partial charge < -0.3 is 4.74 Å². The van der Waals surface area contributed by atoms with Gasteiger partial charge in [-0.3, -0.25) is 9.78 Å². The third-order valence-corrected chi connectivity index (χ3v) is 4.52. The minimum absolute atomic E-state index is 0.346. The maximum absolute atomic E-state index is 12.7. The minimum Gasteiger partial charge on any atom is -0.496 e. The van der Waals surface area contributed by atoms with Gasteiger partial charge in [0.2, 0.25) is 0 Å². The summed E-state index contributed by atoms with van der Waals surface area (Å²) >= 11 is 0. The summed E-state index contributed by atoms with van der Waals surface area (Å²) in [6.45, 7) is 0.346. The Hall–Kier alpha value is -3.67. The van der Waals surface area contributed by atoms with Crippen molar-refractivity contribution in [3.05, 3.63) is 93.3 Å². The molecule has 134 valence electrons. The van der Waals surface area contributed by atoms with Crippen LogP contribution in [0.15, 0.2) is 76.4 Å². The molecule has 0 saturated carbocycles. The Morgan fingerprint density at radius 2 is 1.70 bits per heavy atom. The van der Waals surface area contributed by atoms with Gasteiger partial charge >= 0.3 is 5.69 Å². The number of aromatic amines is 2. The summed E-state index contributed by atoms with van der Waals surface area (Å²) in [6, 6.07) is 18.9. The minimum atomic E-state index is -0.454. The standard InChI is InChI=1S/C21H17N3O3/c1-27-17-10-6-5-9-15(17)16-11-12-22-19-18(16)20(25)23-21(26)24(19)13-14-7-3-2-4-8-14/h2-12H,13H2,1H3,(H,23,25,26)/p+1. The lowest BCUT2D eigenvalue weighted by atomic mass is 10.0. The highest BCUT2D eigenvalue weighted by Crippen LogP contribution is 2.31. The van der Waals surface area contributed by atoms with Crippen molar-refractivity contribution in [2.75, 3.05) is 7.11 Å². The highest BCUT2D eigenvalue weighted by atomic mass is 16.5. The van der Waals surface area contributed by atoms with E-state index in [-0.39, 0.29) is 0 Å². The number of para-hydroxylation sites is 1. The van der Waals surface area contributed by atoms with E-state index in [0.29, 0.717) is 28.9 Å². The Kier molecular flexibility index (Phi) is 4.30. The van der Waals surface area contributed by atoms with Crippen molar-refractivity contribution in [2.24, 2.45) is 0 Å². The van der Waals surface area contributed by atoms with Crippen LogP contribution in [0.5, 0.6) is 5.75 Å². The predicted octanol–water partition coefficient (Wildman–Crippen LogP) is 2.23. The first-order valence-electron chi connectivity index (χ1n) is 8.54. The molecule has 0 unspecified atom stereocenters. The van der Waals surface area contributed by atoms with E-state index in [1.165, 1.54) is 4.57 Å². The molecule has 0 radical (unpaired) electrons. The summed E-state index contributed by atoms with van der Waals surface area (Å²) in [7, 11) is 1.59. The first-order valence-corrected chi connectivity index (χ1v) is 8.54. The fourth-order valence-electron chi connectivity index (χ4n) is 3.27. The molecule has 2 N–H and O–H groups in total. The van der Waals surface area contributed by atoms with Crippen molar-refractivity contribution in [3.8, 4) is 16.9 Å². The van der Waals surface area contributed by atoms with Crippen molar-refractivity contribution in [3.63, 3.8) is 0 Å². The predicted molar refractivity (Wildman–Crippen MR) is 103 cm³/mol. The lowest BCUT2D eigenvalue weighted by molar-refractivity contribution is -0.349. The molecule has 0 amide bonds. The van der Waals surface area contributed by atoms with Gasteiger partial charge in [-0.05, 0) is 17.7 Å². The zero-order chi connectivity index (χ0) is 18.8. The topological polar surface area (TPSA) is 78.2 Å². The second-order valence-electron chi connectivity index (χ2n) is 6.15. The van der Waals surface area contributed by atoms with Gasteiger partial charge in [-0.15, -0.1) is 0 Å². The van der Waals surface area contributed by atoms with Crippen molar-refractivity contribution in [1.29, 1.82) is 0 Å². The molecule has 2 heterocycles. The monoisotopic (exact) mass is 360 g/mol. The zero-order valence-electron chi connectivity index (χ0n) is 14.7. The lowest BCUT2D eigenvalue weighted by Gasteiger charge is -2.10. The second kappa shape index (κ2) is 6.92.